The SMILES string of the molecule is CCCN(C[C@]1(O)CC[C@H]2c3ccc(cc3C(=O)c3ccc(F)c(F)c3)C[C@@H](O)CCC(C)=CCC[C@@]21C)C(=O)Cc1ccc(OC)c(OC)c1. The molecule has 1 saturated carbocycles. The predicted molar refractivity (Wildman–Crippen MR) is 193 cm³/mol. The first kappa shape index (κ1) is 38.2. The maximum absolute atomic E-state index is 14.4. The lowest BCUT2D eigenvalue weighted by atomic mass is 9.64. The molecule has 3 aliphatic carbocycles. The molecule has 0 spiro atoms. The Kier molecular flexibility index (Phi) is 12.0. The first-order valence-corrected chi connectivity index (χ1v) is 18.0. The van der Waals surface area contributed by atoms with Gasteiger partial charge in [-0.15, -0.1) is 0 Å². The van der Waals surface area contributed by atoms with Crippen molar-refractivity contribution in [3.8, 4) is 11.5 Å². The summed E-state index contributed by atoms with van der Waals surface area (Å²) in [5, 5.41) is 23.7. The van der Waals surface area contributed by atoms with Gasteiger partial charge in [0.15, 0.2) is 28.9 Å². The lowest BCUT2D eigenvalue weighted by molar-refractivity contribution is -0.139. The van der Waals surface area contributed by atoms with Crippen LogP contribution in [-0.2, 0) is 17.6 Å². The molecular formula is C42H51F2NO6. The van der Waals surface area contributed by atoms with E-state index in [1.165, 1.54) is 6.07 Å². The third-order valence-corrected chi connectivity index (χ3v) is 11.2. The van der Waals surface area contributed by atoms with Gasteiger partial charge in [0.05, 0.1) is 32.3 Å². The van der Waals surface area contributed by atoms with E-state index in [1.807, 2.05) is 25.1 Å². The summed E-state index contributed by atoms with van der Waals surface area (Å²) in [6, 6.07) is 14.2. The molecule has 274 valence electrons. The van der Waals surface area contributed by atoms with Crippen molar-refractivity contribution in [1.29, 1.82) is 0 Å². The number of ether oxygens (including phenoxy) is 2. The van der Waals surface area contributed by atoms with E-state index in [0.29, 0.717) is 75.0 Å². The predicted octanol–water partition coefficient (Wildman–Crippen LogP) is 7.73. The van der Waals surface area contributed by atoms with E-state index in [0.717, 1.165) is 34.4 Å². The standard InChI is InChI=1S/C42H51F2NO6/c1-6-20-45(39(47)24-29-11-16-37(50-4)38(23-29)51-5)26-42(49)19-17-34-32-14-10-28(21-31(46)13-9-27(2)8-7-18-41(34,42)3)22-33(32)40(48)30-12-15-35(43)36(44)25-30/h8,10-12,14-16,22-23,25,31,34,46,49H,6-7,9,13,17-21,24,26H2,1-5H3/t31-,34-,41-,42+/m0/s1. The number of carbonyl (C=O) groups is 2. The van der Waals surface area contributed by atoms with E-state index < -0.39 is 34.5 Å². The molecule has 1 amide bonds. The molecule has 0 unspecified atom stereocenters. The van der Waals surface area contributed by atoms with Crippen LogP contribution in [0, 0.1) is 17.0 Å². The summed E-state index contributed by atoms with van der Waals surface area (Å²) in [4.78, 5) is 29.9. The number of aliphatic hydroxyl groups is 2. The molecule has 2 N–H and O–H groups in total. The van der Waals surface area contributed by atoms with Crippen LogP contribution in [0.25, 0.3) is 0 Å². The zero-order valence-corrected chi connectivity index (χ0v) is 30.4. The van der Waals surface area contributed by atoms with Gasteiger partial charge in [-0.1, -0.05) is 43.7 Å². The number of rotatable bonds is 10. The van der Waals surface area contributed by atoms with Crippen molar-refractivity contribution < 1.29 is 38.1 Å². The molecule has 1 fully saturated rings. The molecule has 0 heterocycles. The van der Waals surface area contributed by atoms with E-state index in [4.69, 9.17) is 9.47 Å². The summed E-state index contributed by atoms with van der Waals surface area (Å²) in [6.07, 6.45) is 6.18. The Hall–Kier alpha value is -4.08. The van der Waals surface area contributed by atoms with E-state index in [9.17, 15) is 28.6 Å². The van der Waals surface area contributed by atoms with Gasteiger partial charge in [0.1, 0.15) is 0 Å². The van der Waals surface area contributed by atoms with Crippen molar-refractivity contribution in [2.75, 3.05) is 27.3 Å². The minimum atomic E-state index is -1.30. The molecule has 51 heavy (non-hydrogen) atoms. The van der Waals surface area contributed by atoms with Gasteiger partial charge >= 0.3 is 0 Å². The van der Waals surface area contributed by atoms with Crippen LogP contribution in [0.15, 0.2) is 66.2 Å². The van der Waals surface area contributed by atoms with Gasteiger partial charge in [0.2, 0.25) is 5.91 Å². The van der Waals surface area contributed by atoms with Crippen LogP contribution in [0.4, 0.5) is 8.78 Å². The topological polar surface area (TPSA) is 96.3 Å². The molecule has 6 rings (SSSR count). The number of benzene rings is 3. The zero-order valence-electron chi connectivity index (χ0n) is 30.4. The molecule has 0 saturated heterocycles. The molecule has 3 aromatic carbocycles. The van der Waals surface area contributed by atoms with E-state index in [-0.39, 0.29) is 30.4 Å². The van der Waals surface area contributed by atoms with Gasteiger partial charge in [-0.05, 0) is 117 Å². The van der Waals surface area contributed by atoms with Crippen molar-refractivity contribution in [1.82, 2.24) is 4.90 Å². The maximum atomic E-state index is 14.4. The molecule has 0 aliphatic heterocycles. The second-order valence-corrected chi connectivity index (χ2v) is 14.6. The van der Waals surface area contributed by atoms with Crippen LogP contribution in [-0.4, -0.2) is 65.8 Å². The fraction of sp³-hybridized carbons (Fsp3) is 0.476. The number of amides is 1. The summed E-state index contributed by atoms with van der Waals surface area (Å²) in [6.45, 7) is 6.71. The van der Waals surface area contributed by atoms with E-state index in [2.05, 4.69) is 19.9 Å². The molecule has 2 bridgehead atoms. The monoisotopic (exact) mass is 703 g/mol. The molecule has 9 heteroatoms. The van der Waals surface area contributed by atoms with Crippen LogP contribution in [0.5, 0.6) is 11.5 Å². The Morgan fingerprint density at radius 3 is 2.43 bits per heavy atom. The van der Waals surface area contributed by atoms with Gasteiger partial charge in [0, 0.05) is 29.6 Å². The number of methoxy groups -OCH3 is 2. The average molecular weight is 704 g/mol. The van der Waals surface area contributed by atoms with Crippen molar-refractivity contribution in [3.05, 3.63) is 106 Å². The largest absolute Gasteiger partial charge is 0.493 e. The highest BCUT2D eigenvalue weighted by molar-refractivity contribution is 6.10. The average Bonchev–Trinajstić information content (AvgIpc) is 3.36. The Morgan fingerprint density at radius 2 is 1.73 bits per heavy atom. The highest BCUT2D eigenvalue weighted by Crippen LogP contribution is 2.59. The van der Waals surface area contributed by atoms with Gasteiger partial charge in [-0.3, -0.25) is 9.59 Å². The number of carbonyl (C=O) groups excluding carboxylic acids is 2. The second kappa shape index (κ2) is 16.1. The van der Waals surface area contributed by atoms with Gasteiger partial charge < -0.3 is 24.6 Å². The van der Waals surface area contributed by atoms with Crippen LogP contribution in [0.3, 0.4) is 0 Å². The minimum Gasteiger partial charge on any atom is -0.493 e. The van der Waals surface area contributed by atoms with Crippen LogP contribution < -0.4 is 9.47 Å². The van der Waals surface area contributed by atoms with Crippen LogP contribution in [0.2, 0.25) is 0 Å². The molecule has 3 aromatic rings. The Bertz CT molecular complexity index is 1770. The fourth-order valence-corrected chi connectivity index (χ4v) is 8.14. The fourth-order valence-electron chi connectivity index (χ4n) is 8.14. The summed E-state index contributed by atoms with van der Waals surface area (Å²) < 4.78 is 39.1. The second-order valence-electron chi connectivity index (χ2n) is 14.6. The maximum Gasteiger partial charge on any atom is 0.227 e. The van der Waals surface area contributed by atoms with E-state index >= 15 is 0 Å². The van der Waals surface area contributed by atoms with Gasteiger partial charge in [0.25, 0.3) is 0 Å². The summed E-state index contributed by atoms with van der Waals surface area (Å²) in [5.74, 6) is -1.88. The molecule has 4 atom stereocenters. The van der Waals surface area contributed by atoms with Crippen LogP contribution >= 0.6 is 0 Å². The van der Waals surface area contributed by atoms with Crippen molar-refractivity contribution in [3.63, 3.8) is 0 Å². The van der Waals surface area contributed by atoms with Crippen molar-refractivity contribution in [2.24, 2.45) is 5.41 Å². The number of aliphatic hydroxyl groups excluding tert-OH is 1. The first-order chi connectivity index (χ1) is 24.3. The third kappa shape index (κ3) is 8.20. The molecule has 0 radical (unpaired) electrons. The quantitative estimate of drug-likeness (QED) is 0.166. The van der Waals surface area contributed by atoms with Crippen molar-refractivity contribution >= 4 is 11.7 Å². The molecule has 0 aromatic heterocycles. The van der Waals surface area contributed by atoms with Gasteiger partial charge in [-0.2, -0.15) is 0 Å². The normalized spacial score (nSPS) is 23.6. The summed E-state index contributed by atoms with van der Waals surface area (Å²) >= 11 is 0. The summed E-state index contributed by atoms with van der Waals surface area (Å²) in [7, 11) is 3.11. The zero-order chi connectivity index (χ0) is 36.9. The highest BCUT2D eigenvalue weighted by atomic mass is 19.2. The number of allylic oxidation sites excluding steroid dienone is 2. The summed E-state index contributed by atoms with van der Waals surface area (Å²) in [5.41, 5.74) is 1.73. The number of hydrogen-bond donors (Lipinski definition) is 2. The smallest absolute Gasteiger partial charge is 0.227 e. The Morgan fingerprint density at radius 1 is 0.961 bits per heavy atom. The number of halogens is 2. The minimum absolute atomic E-state index is 0.0253. The Balaban J connectivity index is 1.55. The molecule has 3 aliphatic rings. The van der Waals surface area contributed by atoms with Crippen LogP contribution in [0.1, 0.15) is 104 Å². The van der Waals surface area contributed by atoms with Gasteiger partial charge in [-0.25, -0.2) is 8.78 Å². The molecular weight excluding hydrogens is 652 g/mol. The number of hydrogen-bond acceptors (Lipinski definition) is 6. The Labute approximate surface area is 300 Å². The highest BCUT2D eigenvalue weighted by Gasteiger charge is 2.57. The van der Waals surface area contributed by atoms with Crippen molar-refractivity contribution in [2.45, 2.75) is 96.2 Å². The number of ketones is 1. The molecule has 7 nitrogen and oxygen atoms in total. The lowest BCUT2D eigenvalue weighted by Crippen LogP contribution is -2.54. The third-order valence-electron chi connectivity index (χ3n) is 11.2. The number of nitrogens with zero attached hydrogens (tertiary/aromatic N) is 1. The first-order valence-electron chi connectivity index (χ1n) is 18.0. The number of fused-ring (bicyclic) bond motifs is 8. The lowest BCUT2D eigenvalue weighted by Gasteiger charge is -2.46. The van der Waals surface area contributed by atoms with E-state index in [1.54, 1.807) is 37.3 Å².